The quantitative estimate of drug-likeness (QED) is 0.761. The summed E-state index contributed by atoms with van der Waals surface area (Å²) in [5.41, 5.74) is 5.14. The Labute approximate surface area is 139 Å². The van der Waals surface area contributed by atoms with Gasteiger partial charge < -0.3 is 9.73 Å². The van der Waals surface area contributed by atoms with Gasteiger partial charge in [-0.15, -0.1) is 0 Å². The van der Waals surface area contributed by atoms with E-state index in [1.807, 2.05) is 25.1 Å². The van der Waals surface area contributed by atoms with E-state index < -0.39 is 0 Å². The Bertz CT molecular complexity index is 988. The molecule has 1 aliphatic heterocycles. The van der Waals surface area contributed by atoms with Gasteiger partial charge in [-0.2, -0.15) is 10.4 Å². The molecule has 4 rings (SSSR count). The minimum absolute atomic E-state index is 0.195. The van der Waals surface area contributed by atoms with Crippen LogP contribution >= 0.6 is 0 Å². The molecule has 0 radical (unpaired) electrons. The fraction of sp³-hybridized carbons (Fsp3) is 0.278. The van der Waals surface area contributed by atoms with Crippen molar-refractivity contribution in [3.05, 3.63) is 52.7 Å². The molecule has 2 aromatic heterocycles. The molecular formula is C18H17N5O. The van der Waals surface area contributed by atoms with Gasteiger partial charge in [-0.25, -0.2) is 4.98 Å². The lowest BCUT2D eigenvalue weighted by Crippen LogP contribution is -2.18. The van der Waals surface area contributed by atoms with Crippen molar-refractivity contribution in [2.75, 3.05) is 5.32 Å². The van der Waals surface area contributed by atoms with E-state index in [2.05, 4.69) is 33.5 Å². The topological polar surface area (TPSA) is 90.5 Å². The fourth-order valence-electron chi connectivity index (χ4n) is 3.38. The van der Waals surface area contributed by atoms with Crippen molar-refractivity contribution >= 4 is 16.9 Å². The number of oxazole rings is 1. The molecule has 0 saturated carbocycles. The Morgan fingerprint density at radius 2 is 2.21 bits per heavy atom. The molecule has 120 valence electrons. The van der Waals surface area contributed by atoms with Crippen molar-refractivity contribution in [3.63, 3.8) is 0 Å². The summed E-state index contributed by atoms with van der Waals surface area (Å²) in [6.45, 7) is 3.93. The second kappa shape index (κ2) is 5.53. The number of rotatable bonds is 3. The number of benzene rings is 1. The third-order valence-electron chi connectivity index (χ3n) is 4.36. The van der Waals surface area contributed by atoms with E-state index in [9.17, 15) is 5.26 Å². The van der Waals surface area contributed by atoms with Gasteiger partial charge in [0, 0.05) is 18.2 Å². The van der Waals surface area contributed by atoms with Crippen LogP contribution in [0.5, 0.6) is 0 Å². The number of aromatic nitrogens is 3. The lowest BCUT2D eigenvalue weighted by atomic mass is 9.82. The van der Waals surface area contributed by atoms with Crippen molar-refractivity contribution in [1.82, 2.24) is 15.2 Å². The molecule has 1 atom stereocenters. The maximum absolute atomic E-state index is 9.84. The van der Waals surface area contributed by atoms with Crippen LogP contribution in [0, 0.1) is 18.3 Å². The molecular weight excluding hydrogens is 302 g/mol. The van der Waals surface area contributed by atoms with Gasteiger partial charge >= 0.3 is 0 Å². The number of nitrogens with zero attached hydrogens (tertiary/aromatic N) is 3. The van der Waals surface area contributed by atoms with E-state index in [1.54, 1.807) is 6.20 Å². The molecule has 6 nitrogen and oxygen atoms in total. The highest BCUT2D eigenvalue weighted by molar-refractivity contribution is 5.80. The van der Waals surface area contributed by atoms with Crippen LogP contribution in [0.1, 0.15) is 42.7 Å². The Hall–Kier alpha value is -3.07. The third kappa shape index (κ3) is 2.09. The van der Waals surface area contributed by atoms with Crippen LogP contribution in [-0.2, 0) is 0 Å². The van der Waals surface area contributed by atoms with E-state index in [1.165, 1.54) is 0 Å². The van der Waals surface area contributed by atoms with E-state index in [0.717, 1.165) is 52.2 Å². The van der Waals surface area contributed by atoms with Gasteiger partial charge in [0.25, 0.3) is 0 Å². The maximum Gasteiger partial charge on any atom is 0.192 e. The number of fused-ring (bicyclic) bond motifs is 2. The van der Waals surface area contributed by atoms with Crippen LogP contribution in [0.25, 0.3) is 11.1 Å². The number of allylic oxidation sites excluding steroid dienone is 2. The van der Waals surface area contributed by atoms with Gasteiger partial charge in [0.1, 0.15) is 11.3 Å². The van der Waals surface area contributed by atoms with E-state index in [0.29, 0.717) is 5.89 Å². The molecule has 0 aliphatic carbocycles. The number of nitrogens with one attached hydrogen (secondary N) is 2. The minimum Gasteiger partial charge on any atom is -0.441 e. The van der Waals surface area contributed by atoms with E-state index in [4.69, 9.17) is 4.42 Å². The monoisotopic (exact) mass is 319 g/mol. The van der Waals surface area contributed by atoms with Crippen LogP contribution in [0.3, 0.4) is 0 Å². The second-order valence-electron chi connectivity index (χ2n) is 5.94. The number of hydrogen-bond donors (Lipinski definition) is 2. The molecule has 1 unspecified atom stereocenters. The normalized spacial score (nSPS) is 16.8. The number of anilines is 1. The first-order chi connectivity index (χ1) is 11.7. The Balaban J connectivity index is 1.99. The molecule has 0 amide bonds. The molecule has 2 N–H and O–H groups in total. The van der Waals surface area contributed by atoms with Crippen molar-refractivity contribution in [3.8, 4) is 6.07 Å². The average Bonchev–Trinajstić information content (AvgIpc) is 3.18. The predicted molar refractivity (Wildman–Crippen MR) is 90.3 cm³/mol. The minimum atomic E-state index is -0.195. The number of aromatic amines is 1. The number of nitriles is 1. The van der Waals surface area contributed by atoms with Gasteiger partial charge in [0.2, 0.25) is 0 Å². The van der Waals surface area contributed by atoms with Gasteiger partial charge in [-0.3, -0.25) is 5.10 Å². The third-order valence-corrected chi connectivity index (χ3v) is 4.36. The summed E-state index contributed by atoms with van der Waals surface area (Å²) in [6, 6.07) is 8.26. The fourth-order valence-corrected chi connectivity index (χ4v) is 3.38. The van der Waals surface area contributed by atoms with Crippen molar-refractivity contribution in [2.45, 2.75) is 32.6 Å². The molecule has 0 fully saturated rings. The Kier molecular flexibility index (Phi) is 3.35. The molecule has 1 aliphatic rings. The molecule has 3 aromatic rings. The summed E-state index contributed by atoms with van der Waals surface area (Å²) in [6.07, 6.45) is 3.54. The first-order valence-corrected chi connectivity index (χ1v) is 8.02. The van der Waals surface area contributed by atoms with Crippen LogP contribution in [0.15, 0.2) is 40.1 Å². The zero-order chi connectivity index (χ0) is 16.7. The molecule has 0 bridgehead atoms. The maximum atomic E-state index is 9.84. The summed E-state index contributed by atoms with van der Waals surface area (Å²) in [7, 11) is 0. The second-order valence-corrected chi connectivity index (χ2v) is 5.94. The summed E-state index contributed by atoms with van der Waals surface area (Å²) < 4.78 is 5.66. The number of aryl methyl sites for hydroxylation is 1. The van der Waals surface area contributed by atoms with Crippen molar-refractivity contribution in [2.24, 2.45) is 0 Å². The van der Waals surface area contributed by atoms with E-state index >= 15 is 0 Å². The SMILES string of the molecule is CCCC1=C(C#N)C(c2cccc3oc(C)nc23)c2cn[nH]c2N1. The first-order valence-electron chi connectivity index (χ1n) is 8.02. The first kappa shape index (κ1) is 14.5. The predicted octanol–water partition coefficient (Wildman–Crippen LogP) is 3.99. The summed E-state index contributed by atoms with van der Waals surface area (Å²) in [5.74, 6) is 1.27. The molecule has 3 heterocycles. The molecule has 1 aromatic carbocycles. The van der Waals surface area contributed by atoms with Crippen molar-refractivity contribution < 1.29 is 4.42 Å². The van der Waals surface area contributed by atoms with Crippen molar-refractivity contribution in [1.29, 1.82) is 5.26 Å². The number of para-hydroxylation sites is 1. The van der Waals surface area contributed by atoms with Gasteiger partial charge in [0.15, 0.2) is 11.5 Å². The van der Waals surface area contributed by atoms with Gasteiger partial charge in [-0.05, 0) is 18.1 Å². The zero-order valence-electron chi connectivity index (χ0n) is 13.6. The summed E-state index contributed by atoms with van der Waals surface area (Å²) in [4.78, 5) is 4.54. The number of hydrogen-bond acceptors (Lipinski definition) is 5. The lowest BCUT2D eigenvalue weighted by Gasteiger charge is -2.26. The van der Waals surface area contributed by atoms with Crippen LogP contribution in [0.4, 0.5) is 5.82 Å². The van der Waals surface area contributed by atoms with Gasteiger partial charge in [0.05, 0.1) is 23.8 Å². The van der Waals surface area contributed by atoms with E-state index in [-0.39, 0.29) is 5.92 Å². The highest BCUT2D eigenvalue weighted by Crippen LogP contribution is 2.43. The smallest absolute Gasteiger partial charge is 0.192 e. The molecule has 0 spiro atoms. The Morgan fingerprint density at radius 1 is 1.33 bits per heavy atom. The Morgan fingerprint density at radius 3 is 3.00 bits per heavy atom. The molecule has 0 saturated heterocycles. The number of H-pyrrole nitrogens is 1. The summed E-state index contributed by atoms with van der Waals surface area (Å²) >= 11 is 0. The molecule has 24 heavy (non-hydrogen) atoms. The highest BCUT2D eigenvalue weighted by Gasteiger charge is 2.32. The van der Waals surface area contributed by atoms with Crippen LogP contribution in [0.2, 0.25) is 0 Å². The van der Waals surface area contributed by atoms with Crippen LogP contribution in [-0.4, -0.2) is 15.2 Å². The molecule has 6 heteroatoms. The van der Waals surface area contributed by atoms with Gasteiger partial charge in [-0.1, -0.05) is 25.5 Å². The van der Waals surface area contributed by atoms with Crippen LogP contribution < -0.4 is 5.32 Å². The zero-order valence-corrected chi connectivity index (χ0v) is 13.6. The largest absolute Gasteiger partial charge is 0.441 e. The average molecular weight is 319 g/mol. The lowest BCUT2D eigenvalue weighted by molar-refractivity contribution is 0.561. The summed E-state index contributed by atoms with van der Waals surface area (Å²) in [5, 5.41) is 20.3. The standard InChI is InChI=1S/C18H17N5O/c1-3-5-14-12(8-19)16(13-9-20-23-18(13)22-14)11-6-4-7-15-17(11)21-10(2)24-15/h4,6-7,9,16H,3,5H2,1-2H3,(H2,20,22,23). The highest BCUT2D eigenvalue weighted by atomic mass is 16.3.